The van der Waals surface area contributed by atoms with E-state index in [4.69, 9.17) is 39.3 Å². The Kier molecular flexibility index (Phi) is 8.83. The van der Waals surface area contributed by atoms with E-state index >= 15 is 0 Å². The second-order valence-corrected chi connectivity index (χ2v) is 14.9. The first kappa shape index (κ1) is 34.0. The van der Waals surface area contributed by atoms with Crippen molar-refractivity contribution in [2.75, 3.05) is 0 Å². The number of benzene rings is 6. The fourth-order valence-electron chi connectivity index (χ4n) is 7.21. The molecule has 8 aromatic rings. The number of nitrogens with zero attached hydrogens (tertiary/aromatic N) is 3. The molecule has 0 aliphatic heterocycles. The molecule has 8 heteroatoms. The molecule has 6 aromatic carbocycles. The van der Waals surface area contributed by atoms with Gasteiger partial charge in [0.25, 0.3) is 5.89 Å². The van der Waals surface area contributed by atoms with Gasteiger partial charge in [0, 0.05) is 15.8 Å². The molecule has 0 unspecified atom stereocenters. The highest BCUT2D eigenvalue weighted by Gasteiger charge is 2.24. The molecule has 0 saturated heterocycles. The molecule has 258 valence electrons. The maximum atomic E-state index is 12.1. The predicted molar refractivity (Wildman–Crippen MR) is 215 cm³/mol. The smallest absolute Gasteiger partial charge is 0.261 e. The van der Waals surface area contributed by atoms with Crippen molar-refractivity contribution >= 4 is 56.6 Å². The summed E-state index contributed by atoms with van der Waals surface area (Å²) in [5.74, 6) is 0.937. The Balaban J connectivity index is 1.37. The molecule has 0 bridgehead atoms. The highest BCUT2D eigenvalue weighted by Crippen LogP contribution is 2.44. The summed E-state index contributed by atoms with van der Waals surface area (Å²) >= 11 is 19.7. The first-order chi connectivity index (χ1) is 25.1. The SMILES string of the molecule is CC(C)c1ccccc1-c1ccc2c(c1)c1cc(-c3ccccc3C(C)C)ccc1n2-c1cc(Cl)cc(-c2noc(-c3c(Cl)cccc3Cl)n2)c1O. The fourth-order valence-corrected chi connectivity index (χ4v) is 7.98. The fraction of sp³-hybridized carbons (Fsp3) is 0.136. The van der Waals surface area contributed by atoms with E-state index in [-0.39, 0.29) is 17.5 Å². The van der Waals surface area contributed by atoms with Gasteiger partial charge in [0.1, 0.15) is 0 Å². The Morgan fingerprint density at radius 3 is 1.69 bits per heavy atom. The molecule has 52 heavy (non-hydrogen) atoms. The van der Waals surface area contributed by atoms with Gasteiger partial charge in [-0.1, -0.05) is 134 Å². The van der Waals surface area contributed by atoms with Crippen LogP contribution in [0.1, 0.15) is 50.7 Å². The number of aromatic hydroxyl groups is 1. The molecule has 0 atom stereocenters. The molecule has 0 fully saturated rings. The lowest BCUT2D eigenvalue weighted by Gasteiger charge is -2.15. The van der Waals surface area contributed by atoms with Gasteiger partial charge in [0.15, 0.2) is 5.75 Å². The van der Waals surface area contributed by atoms with Crippen LogP contribution in [0.25, 0.3) is 72.6 Å². The number of rotatable bonds is 7. The lowest BCUT2D eigenvalue weighted by Crippen LogP contribution is -1.97. The minimum absolute atomic E-state index is 0.0516. The number of aromatic nitrogens is 3. The van der Waals surface area contributed by atoms with Crippen molar-refractivity contribution in [3.63, 3.8) is 0 Å². The average Bonchev–Trinajstić information content (AvgIpc) is 3.75. The molecule has 0 saturated carbocycles. The van der Waals surface area contributed by atoms with Gasteiger partial charge in [-0.2, -0.15) is 4.98 Å². The van der Waals surface area contributed by atoms with Gasteiger partial charge in [0.05, 0.1) is 37.9 Å². The van der Waals surface area contributed by atoms with E-state index in [1.807, 2.05) is 0 Å². The molecule has 8 rings (SSSR count). The van der Waals surface area contributed by atoms with Crippen LogP contribution in [0, 0.1) is 0 Å². The van der Waals surface area contributed by atoms with Crippen molar-refractivity contribution in [3.05, 3.63) is 141 Å². The third-order valence-corrected chi connectivity index (χ3v) is 10.5. The molecule has 0 amide bonds. The molecule has 1 N–H and O–H groups in total. The van der Waals surface area contributed by atoms with Crippen molar-refractivity contribution in [1.82, 2.24) is 14.7 Å². The van der Waals surface area contributed by atoms with Crippen LogP contribution in [0.15, 0.2) is 120 Å². The largest absolute Gasteiger partial charge is 0.505 e. The second-order valence-electron chi connectivity index (χ2n) is 13.6. The van der Waals surface area contributed by atoms with Gasteiger partial charge in [-0.15, -0.1) is 0 Å². The molecule has 0 aliphatic rings. The van der Waals surface area contributed by atoms with Crippen molar-refractivity contribution < 1.29 is 9.63 Å². The third kappa shape index (κ3) is 5.83. The van der Waals surface area contributed by atoms with Crippen molar-refractivity contribution in [3.8, 4) is 56.5 Å². The van der Waals surface area contributed by atoms with Crippen molar-refractivity contribution in [2.45, 2.75) is 39.5 Å². The van der Waals surface area contributed by atoms with Crippen molar-refractivity contribution in [2.24, 2.45) is 0 Å². The van der Waals surface area contributed by atoms with E-state index in [1.165, 1.54) is 22.3 Å². The monoisotopic (exact) mass is 741 g/mol. The lowest BCUT2D eigenvalue weighted by molar-refractivity contribution is 0.431. The zero-order valence-electron chi connectivity index (χ0n) is 29.0. The van der Waals surface area contributed by atoms with Gasteiger partial charge in [0.2, 0.25) is 5.82 Å². The molecule has 0 aliphatic carbocycles. The van der Waals surface area contributed by atoms with Crippen LogP contribution in [-0.2, 0) is 0 Å². The van der Waals surface area contributed by atoms with Crippen LogP contribution in [0.5, 0.6) is 5.75 Å². The number of phenolic OH excluding ortho intramolecular Hbond substituents is 1. The second kappa shape index (κ2) is 13.5. The van der Waals surface area contributed by atoms with E-state index in [0.717, 1.165) is 32.9 Å². The van der Waals surface area contributed by atoms with E-state index < -0.39 is 0 Å². The molecule has 2 heterocycles. The summed E-state index contributed by atoms with van der Waals surface area (Å²) in [4.78, 5) is 4.58. The van der Waals surface area contributed by atoms with Gasteiger partial charge in [-0.25, -0.2) is 0 Å². The highest BCUT2D eigenvalue weighted by molar-refractivity contribution is 6.39. The van der Waals surface area contributed by atoms with Crippen LogP contribution in [-0.4, -0.2) is 19.8 Å². The molecule has 0 spiro atoms. The maximum absolute atomic E-state index is 12.1. The highest BCUT2D eigenvalue weighted by atomic mass is 35.5. The number of fused-ring (bicyclic) bond motifs is 3. The Morgan fingerprint density at radius 2 is 1.15 bits per heavy atom. The van der Waals surface area contributed by atoms with E-state index in [0.29, 0.717) is 43.7 Å². The molecular weight excluding hydrogens is 709 g/mol. The Morgan fingerprint density at radius 1 is 0.615 bits per heavy atom. The number of phenols is 1. The Labute approximate surface area is 317 Å². The minimum atomic E-state index is -0.0516. The predicted octanol–water partition coefficient (Wildman–Crippen LogP) is 13.7. The van der Waals surface area contributed by atoms with Gasteiger partial charge in [-0.3, -0.25) is 0 Å². The minimum Gasteiger partial charge on any atom is -0.505 e. The van der Waals surface area contributed by atoms with E-state index in [2.05, 4.69) is 127 Å². The molecule has 5 nitrogen and oxygen atoms in total. The third-order valence-electron chi connectivity index (χ3n) is 9.69. The van der Waals surface area contributed by atoms with Crippen LogP contribution in [0.3, 0.4) is 0 Å². The summed E-state index contributed by atoms with van der Waals surface area (Å²) < 4.78 is 7.66. The summed E-state index contributed by atoms with van der Waals surface area (Å²) in [5, 5.41) is 19.5. The Bertz CT molecular complexity index is 2530. The quantitative estimate of drug-likeness (QED) is 0.177. The summed E-state index contributed by atoms with van der Waals surface area (Å²) in [6, 6.07) is 38.7. The summed E-state index contributed by atoms with van der Waals surface area (Å²) in [6.07, 6.45) is 0. The molecule has 0 radical (unpaired) electrons. The lowest BCUT2D eigenvalue weighted by atomic mass is 9.91. The van der Waals surface area contributed by atoms with E-state index in [9.17, 15) is 5.11 Å². The van der Waals surface area contributed by atoms with Crippen molar-refractivity contribution in [1.29, 1.82) is 0 Å². The Hall–Kier alpha value is -5.07. The topological polar surface area (TPSA) is 64.1 Å². The normalized spacial score (nSPS) is 11.8. The van der Waals surface area contributed by atoms with Crippen LogP contribution >= 0.6 is 34.8 Å². The standard InChI is InChI=1S/C44H34Cl3N3O2/c1-24(2)29-10-5-7-12-31(29)26-16-18-38-33(20-26)34-21-27(32-13-8-6-11-30(32)25(3)4)17-19-39(34)50(38)40-23-28(45)22-35(42(40)51)43-48-44(52-49-43)41-36(46)14-9-15-37(41)47/h5-25,51H,1-4H3. The number of hydrogen-bond acceptors (Lipinski definition) is 4. The van der Waals surface area contributed by atoms with Gasteiger partial charge < -0.3 is 14.2 Å². The molecular formula is C44H34Cl3N3O2. The summed E-state index contributed by atoms with van der Waals surface area (Å²) in [7, 11) is 0. The molecule has 2 aromatic heterocycles. The van der Waals surface area contributed by atoms with Gasteiger partial charge >= 0.3 is 0 Å². The zero-order chi connectivity index (χ0) is 36.3. The summed E-state index contributed by atoms with van der Waals surface area (Å²) in [5.41, 5.74) is 10.2. The zero-order valence-corrected chi connectivity index (χ0v) is 31.2. The van der Waals surface area contributed by atoms with Crippen LogP contribution < -0.4 is 0 Å². The number of hydrogen-bond donors (Lipinski definition) is 1. The first-order valence-corrected chi connectivity index (χ1v) is 18.3. The van der Waals surface area contributed by atoms with Gasteiger partial charge in [-0.05, 0) is 93.7 Å². The summed E-state index contributed by atoms with van der Waals surface area (Å²) in [6.45, 7) is 8.88. The first-order valence-electron chi connectivity index (χ1n) is 17.2. The van der Waals surface area contributed by atoms with Crippen LogP contribution in [0.4, 0.5) is 0 Å². The number of halogens is 3. The van der Waals surface area contributed by atoms with E-state index in [1.54, 1.807) is 30.3 Å². The average molecular weight is 743 g/mol. The maximum Gasteiger partial charge on any atom is 0.261 e. The van der Waals surface area contributed by atoms with Crippen LogP contribution in [0.2, 0.25) is 15.1 Å².